The molecule has 170 valence electrons. The molecule has 2 aromatic carbocycles. The van der Waals surface area contributed by atoms with Gasteiger partial charge in [-0.3, -0.25) is 9.59 Å². The van der Waals surface area contributed by atoms with Gasteiger partial charge in [-0.15, -0.1) is 0 Å². The van der Waals surface area contributed by atoms with Gasteiger partial charge < -0.3 is 19.5 Å². The van der Waals surface area contributed by atoms with E-state index in [1.54, 1.807) is 43.3 Å². The average Bonchev–Trinajstić information content (AvgIpc) is 2.74. The maximum Gasteiger partial charge on any atom is 0.344 e. The van der Waals surface area contributed by atoms with Gasteiger partial charge in [-0.05, 0) is 71.5 Å². The van der Waals surface area contributed by atoms with E-state index in [0.717, 1.165) is 0 Å². The van der Waals surface area contributed by atoms with Crippen molar-refractivity contribution < 1.29 is 28.6 Å². The number of hydrogen-bond acceptors (Lipinski definition) is 7. The Morgan fingerprint density at radius 2 is 1.88 bits per heavy atom. The minimum atomic E-state index is -0.580. The third kappa shape index (κ3) is 8.35. The number of esters is 1. The number of anilines is 1. The summed E-state index contributed by atoms with van der Waals surface area (Å²) in [5.74, 6) is -0.778. The minimum Gasteiger partial charge on any atom is -0.493 e. The van der Waals surface area contributed by atoms with Crippen LogP contribution < -0.4 is 20.2 Å². The summed E-state index contributed by atoms with van der Waals surface area (Å²) < 4.78 is 16.3. The van der Waals surface area contributed by atoms with E-state index >= 15 is 0 Å². The van der Waals surface area contributed by atoms with E-state index < -0.39 is 24.2 Å². The van der Waals surface area contributed by atoms with Crippen LogP contribution >= 0.6 is 34.2 Å². The number of carbonyl (C=O) groups excluding carboxylic acids is 3. The van der Waals surface area contributed by atoms with Crippen molar-refractivity contribution in [1.82, 2.24) is 5.43 Å². The number of hydrogen-bond donors (Lipinski definition) is 2. The Morgan fingerprint density at radius 1 is 1.16 bits per heavy atom. The first-order valence-corrected chi connectivity index (χ1v) is 10.8. The van der Waals surface area contributed by atoms with E-state index in [-0.39, 0.29) is 13.2 Å². The lowest BCUT2D eigenvalue weighted by Crippen LogP contribution is -2.24. The number of benzene rings is 2. The molecule has 9 nitrogen and oxygen atoms in total. The van der Waals surface area contributed by atoms with Crippen LogP contribution in [0.1, 0.15) is 18.9 Å². The standard InChI is InChI=1S/C21H21ClIN3O6/c1-3-31-20(29)12-32-21-16(23)8-13(9-17(21)30-2)11-24-26-19(28)10-18(27)25-15-6-4-14(22)5-7-15/h4-9,11H,3,10,12H2,1-2H3,(H,25,27)(H,26,28). The molecule has 32 heavy (non-hydrogen) atoms. The highest BCUT2D eigenvalue weighted by Gasteiger charge is 2.14. The summed E-state index contributed by atoms with van der Waals surface area (Å²) in [6, 6.07) is 9.88. The van der Waals surface area contributed by atoms with Crippen LogP contribution in [0.15, 0.2) is 41.5 Å². The number of halogens is 2. The fourth-order valence-electron chi connectivity index (χ4n) is 2.39. The van der Waals surface area contributed by atoms with Crippen LogP contribution in [0, 0.1) is 3.57 Å². The van der Waals surface area contributed by atoms with E-state index in [0.29, 0.717) is 31.3 Å². The third-order valence-corrected chi connectivity index (χ3v) is 4.80. The minimum absolute atomic E-state index is 0.248. The van der Waals surface area contributed by atoms with Crippen LogP contribution in [-0.4, -0.2) is 44.3 Å². The molecule has 0 fully saturated rings. The molecule has 0 radical (unpaired) electrons. The van der Waals surface area contributed by atoms with Crippen molar-refractivity contribution in [2.45, 2.75) is 13.3 Å². The Balaban J connectivity index is 1.92. The largest absolute Gasteiger partial charge is 0.493 e. The Kier molecular flexibility index (Phi) is 10.2. The molecule has 0 atom stereocenters. The Morgan fingerprint density at radius 3 is 2.53 bits per heavy atom. The summed E-state index contributed by atoms with van der Waals surface area (Å²) in [6.07, 6.45) is 0.996. The SMILES string of the molecule is CCOC(=O)COc1c(I)cc(C=NNC(=O)CC(=O)Nc2ccc(Cl)cc2)cc1OC. The van der Waals surface area contributed by atoms with Crippen LogP contribution in [0.25, 0.3) is 0 Å². The molecule has 2 rings (SSSR count). The van der Waals surface area contributed by atoms with Crippen molar-refractivity contribution >= 4 is 63.9 Å². The van der Waals surface area contributed by atoms with Gasteiger partial charge in [-0.1, -0.05) is 11.6 Å². The van der Waals surface area contributed by atoms with Crippen molar-refractivity contribution in [2.24, 2.45) is 5.10 Å². The third-order valence-electron chi connectivity index (χ3n) is 3.74. The molecule has 0 spiro atoms. The molecule has 2 amide bonds. The lowest BCUT2D eigenvalue weighted by molar-refractivity contribution is -0.145. The number of amides is 2. The molecule has 0 aliphatic carbocycles. The number of rotatable bonds is 10. The van der Waals surface area contributed by atoms with E-state index in [4.69, 9.17) is 25.8 Å². The predicted molar refractivity (Wildman–Crippen MR) is 128 cm³/mol. The topological polar surface area (TPSA) is 115 Å². The van der Waals surface area contributed by atoms with Gasteiger partial charge in [0, 0.05) is 10.7 Å². The van der Waals surface area contributed by atoms with E-state index in [1.807, 2.05) is 22.6 Å². The van der Waals surface area contributed by atoms with Crippen molar-refractivity contribution in [1.29, 1.82) is 0 Å². The van der Waals surface area contributed by atoms with Crippen LogP contribution in [0.5, 0.6) is 11.5 Å². The molecule has 11 heteroatoms. The first-order chi connectivity index (χ1) is 15.3. The second-order valence-electron chi connectivity index (χ2n) is 6.15. The van der Waals surface area contributed by atoms with Crippen LogP contribution in [-0.2, 0) is 19.1 Å². The molecule has 0 aliphatic heterocycles. The normalized spacial score (nSPS) is 10.5. The second-order valence-corrected chi connectivity index (χ2v) is 7.75. The zero-order valence-electron chi connectivity index (χ0n) is 17.3. The molecule has 0 bridgehead atoms. The summed E-state index contributed by atoms with van der Waals surface area (Å²) in [6.45, 7) is 1.73. The summed E-state index contributed by atoms with van der Waals surface area (Å²) in [4.78, 5) is 35.4. The van der Waals surface area contributed by atoms with Gasteiger partial charge in [0.15, 0.2) is 18.1 Å². The number of hydrazone groups is 1. The molecule has 0 heterocycles. The number of methoxy groups -OCH3 is 1. The van der Waals surface area contributed by atoms with Crippen LogP contribution in [0.2, 0.25) is 5.02 Å². The molecule has 2 N–H and O–H groups in total. The molecule has 0 aliphatic rings. The fourth-order valence-corrected chi connectivity index (χ4v) is 3.30. The van der Waals surface area contributed by atoms with Crippen molar-refractivity contribution in [3.8, 4) is 11.5 Å². The van der Waals surface area contributed by atoms with Gasteiger partial charge in [-0.2, -0.15) is 5.10 Å². The highest BCUT2D eigenvalue weighted by atomic mass is 127. The lowest BCUT2D eigenvalue weighted by atomic mass is 10.2. The van der Waals surface area contributed by atoms with E-state index in [9.17, 15) is 14.4 Å². The zero-order chi connectivity index (χ0) is 23.5. The molecule has 0 unspecified atom stereocenters. The second kappa shape index (κ2) is 12.9. The molecule has 2 aromatic rings. The molecular weight excluding hydrogens is 553 g/mol. The van der Waals surface area contributed by atoms with Gasteiger partial charge in [0.25, 0.3) is 0 Å². The van der Waals surface area contributed by atoms with Crippen molar-refractivity contribution in [3.05, 3.63) is 50.6 Å². The summed E-state index contributed by atoms with van der Waals surface area (Å²) in [5, 5.41) is 6.99. The average molecular weight is 574 g/mol. The fraction of sp³-hybridized carbons (Fsp3) is 0.238. The lowest BCUT2D eigenvalue weighted by Gasteiger charge is -2.13. The Hall–Kier alpha value is -2.86. The quantitative estimate of drug-likeness (QED) is 0.148. The summed E-state index contributed by atoms with van der Waals surface area (Å²) in [5.41, 5.74) is 3.44. The number of carbonyl (C=O) groups is 3. The van der Waals surface area contributed by atoms with Gasteiger partial charge in [-0.25, -0.2) is 10.2 Å². The number of ether oxygens (including phenoxy) is 3. The molecule has 0 saturated carbocycles. The van der Waals surface area contributed by atoms with Gasteiger partial charge >= 0.3 is 5.97 Å². The summed E-state index contributed by atoms with van der Waals surface area (Å²) in [7, 11) is 1.46. The predicted octanol–water partition coefficient (Wildman–Crippen LogP) is 3.37. The maximum absolute atomic E-state index is 11.9. The highest BCUT2D eigenvalue weighted by Crippen LogP contribution is 2.33. The Bertz CT molecular complexity index is 998. The number of nitrogens with one attached hydrogen (secondary N) is 2. The van der Waals surface area contributed by atoms with Crippen LogP contribution in [0.3, 0.4) is 0 Å². The maximum atomic E-state index is 11.9. The highest BCUT2D eigenvalue weighted by molar-refractivity contribution is 14.1. The summed E-state index contributed by atoms with van der Waals surface area (Å²) >= 11 is 7.82. The molecule has 0 aromatic heterocycles. The van der Waals surface area contributed by atoms with Gasteiger partial charge in [0.05, 0.1) is 23.5 Å². The zero-order valence-corrected chi connectivity index (χ0v) is 20.2. The first-order valence-electron chi connectivity index (χ1n) is 9.35. The molecule has 0 saturated heterocycles. The van der Waals surface area contributed by atoms with Crippen molar-refractivity contribution in [3.63, 3.8) is 0 Å². The van der Waals surface area contributed by atoms with Crippen molar-refractivity contribution in [2.75, 3.05) is 25.6 Å². The van der Waals surface area contributed by atoms with E-state index in [1.165, 1.54) is 13.3 Å². The van der Waals surface area contributed by atoms with Crippen LogP contribution in [0.4, 0.5) is 5.69 Å². The smallest absolute Gasteiger partial charge is 0.344 e. The van der Waals surface area contributed by atoms with Gasteiger partial charge in [0.2, 0.25) is 11.8 Å². The van der Waals surface area contributed by atoms with Gasteiger partial charge in [0.1, 0.15) is 6.42 Å². The monoisotopic (exact) mass is 573 g/mol. The molecular formula is C21H21ClIN3O6. The number of nitrogens with zero attached hydrogens (tertiary/aromatic N) is 1. The van der Waals surface area contributed by atoms with E-state index in [2.05, 4.69) is 15.8 Å². The first kappa shape index (κ1) is 25.4. The Labute approximate surface area is 203 Å².